The Bertz CT molecular complexity index is 440. The summed E-state index contributed by atoms with van der Waals surface area (Å²) in [6.07, 6.45) is 2.30. The Kier molecular flexibility index (Phi) is 5.37. The largest absolute Gasteiger partial charge is 0.378 e. The molecule has 0 spiro atoms. The number of benzene rings is 1. The highest BCUT2D eigenvalue weighted by atomic mass is 35.5. The van der Waals surface area contributed by atoms with E-state index in [0.717, 1.165) is 0 Å². The van der Waals surface area contributed by atoms with Crippen LogP contribution >= 0.6 is 11.6 Å². The van der Waals surface area contributed by atoms with E-state index in [9.17, 15) is 14.3 Å². The number of hydrogen-bond acceptors (Lipinski definition) is 4. The van der Waals surface area contributed by atoms with Crippen LogP contribution in [0.5, 0.6) is 0 Å². The monoisotopic (exact) mass is 276 g/mol. The number of halogens is 1. The number of nitro benzene ring substituents is 1. The van der Waals surface area contributed by atoms with Crippen LogP contribution in [0.1, 0.15) is 6.42 Å². The maximum atomic E-state index is 10.8. The van der Waals surface area contributed by atoms with Gasteiger partial charge in [-0.15, -0.1) is 0 Å². The molecule has 17 heavy (non-hydrogen) atoms. The van der Waals surface area contributed by atoms with Crippen molar-refractivity contribution < 1.29 is 9.13 Å². The number of hydrogen-bond donors (Lipinski definition) is 1. The molecule has 0 heterocycles. The molecule has 0 aromatic heterocycles. The summed E-state index contributed by atoms with van der Waals surface area (Å²) in [5.41, 5.74) is 0.274. The molecule has 94 valence electrons. The van der Waals surface area contributed by atoms with E-state index in [4.69, 9.17) is 11.6 Å². The Morgan fingerprint density at radius 3 is 2.82 bits per heavy atom. The first kappa shape index (κ1) is 13.9. The van der Waals surface area contributed by atoms with Crippen molar-refractivity contribution >= 4 is 33.8 Å². The van der Waals surface area contributed by atoms with E-state index in [-0.39, 0.29) is 5.69 Å². The summed E-state index contributed by atoms with van der Waals surface area (Å²) in [4.78, 5) is 10.3. The molecule has 0 aliphatic carbocycles. The zero-order valence-electron chi connectivity index (χ0n) is 9.31. The van der Waals surface area contributed by atoms with Crippen LogP contribution in [0.2, 0.25) is 5.02 Å². The van der Waals surface area contributed by atoms with Gasteiger partial charge in [-0.1, -0.05) is 17.7 Å². The number of rotatable bonds is 6. The van der Waals surface area contributed by atoms with Crippen LogP contribution in [-0.2, 0) is 10.8 Å². The molecule has 0 radical (unpaired) electrons. The van der Waals surface area contributed by atoms with E-state index in [1.807, 2.05) is 0 Å². The van der Waals surface area contributed by atoms with Crippen molar-refractivity contribution in [1.82, 2.24) is 0 Å². The molecule has 0 saturated heterocycles. The zero-order valence-corrected chi connectivity index (χ0v) is 10.9. The highest BCUT2D eigenvalue weighted by Gasteiger charge is 2.15. The van der Waals surface area contributed by atoms with Crippen molar-refractivity contribution in [2.75, 3.05) is 23.9 Å². The summed E-state index contributed by atoms with van der Waals surface area (Å²) in [7, 11) is -0.850. The Balaban J connectivity index is 2.69. The molecule has 1 atom stereocenters. The van der Waals surface area contributed by atoms with E-state index >= 15 is 0 Å². The van der Waals surface area contributed by atoms with Crippen molar-refractivity contribution in [2.24, 2.45) is 0 Å². The standard InChI is InChI=1S/C10H13ClN2O3S/c1-17(16)7-3-6-12-10-8(11)4-2-5-9(10)13(14)15/h2,4-5,12H,3,6-7H2,1H3. The second-order valence-corrected chi connectivity index (χ2v) is 5.41. The number of nitrogens with zero attached hydrogens (tertiary/aromatic N) is 1. The van der Waals surface area contributed by atoms with E-state index in [2.05, 4.69) is 5.32 Å². The van der Waals surface area contributed by atoms with Gasteiger partial charge < -0.3 is 5.32 Å². The van der Waals surface area contributed by atoms with Gasteiger partial charge in [-0.25, -0.2) is 0 Å². The highest BCUT2D eigenvalue weighted by molar-refractivity contribution is 7.84. The van der Waals surface area contributed by atoms with Gasteiger partial charge in [-0.2, -0.15) is 0 Å². The van der Waals surface area contributed by atoms with Gasteiger partial charge in [0.15, 0.2) is 0 Å². The van der Waals surface area contributed by atoms with E-state index in [1.165, 1.54) is 12.1 Å². The quantitative estimate of drug-likeness (QED) is 0.492. The molecule has 0 aliphatic heterocycles. The molecule has 1 aromatic carbocycles. The fourth-order valence-corrected chi connectivity index (χ4v) is 2.12. The van der Waals surface area contributed by atoms with Crippen LogP contribution in [0.15, 0.2) is 18.2 Å². The van der Waals surface area contributed by atoms with Crippen molar-refractivity contribution in [3.63, 3.8) is 0 Å². The van der Waals surface area contributed by atoms with Crippen LogP contribution in [0, 0.1) is 10.1 Å². The Hall–Kier alpha value is -1.14. The number of anilines is 1. The minimum absolute atomic E-state index is 0.0462. The smallest absolute Gasteiger partial charge is 0.293 e. The third kappa shape index (κ3) is 4.32. The van der Waals surface area contributed by atoms with E-state index in [1.54, 1.807) is 12.3 Å². The van der Waals surface area contributed by atoms with E-state index < -0.39 is 15.7 Å². The fourth-order valence-electron chi connectivity index (χ4n) is 1.33. The molecule has 1 N–H and O–H groups in total. The first-order valence-electron chi connectivity index (χ1n) is 4.99. The molecule has 7 heteroatoms. The van der Waals surface area contributed by atoms with Gasteiger partial charge in [0.1, 0.15) is 5.69 Å². The summed E-state index contributed by atoms with van der Waals surface area (Å²) < 4.78 is 10.8. The Morgan fingerprint density at radius 1 is 1.53 bits per heavy atom. The Labute approximate surface area is 107 Å². The van der Waals surface area contributed by atoms with Gasteiger partial charge >= 0.3 is 0 Å². The summed E-state index contributed by atoms with van der Waals surface area (Å²) >= 11 is 5.89. The van der Waals surface area contributed by atoms with Crippen molar-refractivity contribution in [1.29, 1.82) is 0 Å². The van der Waals surface area contributed by atoms with Crippen molar-refractivity contribution in [3.05, 3.63) is 33.3 Å². The fraction of sp³-hybridized carbons (Fsp3) is 0.400. The maximum Gasteiger partial charge on any atom is 0.293 e. The molecule has 1 rings (SSSR count). The number of nitrogens with one attached hydrogen (secondary N) is 1. The zero-order chi connectivity index (χ0) is 12.8. The molecule has 0 fully saturated rings. The lowest BCUT2D eigenvalue weighted by molar-refractivity contribution is -0.383. The van der Waals surface area contributed by atoms with Gasteiger partial charge in [0.25, 0.3) is 5.69 Å². The van der Waals surface area contributed by atoms with Gasteiger partial charge in [0.05, 0.1) is 9.95 Å². The SMILES string of the molecule is CS(=O)CCCNc1c(Cl)cccc1[N+](=O)[O-]. The first-order valence-corrected chi connectivity index (χ1v) is 7.09. The third-order valence-electron chi connectivity index (χ3n) is 2.10. The number of nitro groups is 1. The molecule has 0 saturated carbocycles. The molecular formula is C10H13ClN2O3S. The summed E-state index contributed by atoms with van der Waals surface area (Å²) in [5, 5.41) is 14.0. The molecular weight excluding hydrogens is 264 g/mol. The first-order chi connectivity index (χ1) is 8.02. The normalized spacial score (nSPS) is 12.1. The average Bonchev–Trinajstić information content (AvgIpc) is 2.25. The lowest BCUT2D eigenvalue weighted by Crippen LogP contribution is -2.08. The Morgan fingerprint density at radius 2 is 2.24 bits per heavy atom. The predicted octanol–water partition coefficient (Wildman–Crippen LogP) is 2.43. The van der Waals surface area contributed by atoms with Gasteiger partial charge in [-0.05, 0) is 12.5 Å². The van der Waals surface area contributed by atoms with Gasteiger partial charge in [0, 0.05) is 35.4 Å². The average molecular weight is 277 g/mol. The van der Waals surface area contributed by atoms with Crippen LogP contribution in [0.25, 0.3) is 0 Å². The summed E-state index contributed by atoms with van der Waals surface area (Å²) in [6, 6.07) is 4.52. The van der Waals surface area contributed by atoms with Gasteiger partial charge in [-0.3, -0.25) is 14.3 Å². The molecule has 5 nitrogen and oxygen atoms in total. The lowest BCUT2D eigenvalue weighted by atomic mass is 10.2. The highest BCUT2D eigenvalue weighted by Crippen LogP contribution is 2.31. The van der Waals surface area contributed by atoms with Crippen LogP contribution < -0.4 is 5.32 Å². The maximum absolute atomic E-state index is 10.8. The minimum Gasteiger partial charge on any atom is -0.378 e. The topological polar surface area (TPSA) is 72.2 Å². The minimum atomic E-state index is -0.850. The lowest BCUT2D eigenvalue weighted by Gasteiger charge is -2.08. The third-order valence-corrected chi connectivity index (χ3v) is 3.28. The molecule has 0 amide bonds. The van der Waals surface area contributed by atoms with Gasteiger partial charge in [0.2, 0.25) is 0 Å². The predicted molar refractivity (Wildman–Crippen MR) is 70.1 cm³/mol. The van der Waals surface area contributed by atoms with Crippen LogP contribution in [0.4, 0.5) is 11.4 Å². The van der Waals surface area contributed by atoms with E-state index in [0.29, 0.717) is 29.4 Å². The second kappa shape index (κ2) is 6.56. The molecule has 0 bridgehead atoms. The van der Waals surface area contributed by atoms with Crippen molar-refractivity contribution in [3.8, 4) is 0 Å². The molecule has 1 aromatic rings. The number of para-hydroxylation sites is 1. The molecule has 1 unspecified atom stereocenters. The van der Waals surface area contributed by atoms with Crippen molar-refractivity contribution in [2.45, 2.75) is 6.42 Å². The summed E-state index contributed by atoms with van der Waals surface area (Å²) in [5.74, 6) is 0.561. The van der Waals surface area contributed by atoms with Crippen LogP contribution in [0.3, 0.4) is 0 Å². The summed E-state index contributed by atoms with van der Waals surface area (Å²) in [6.45, 7) is 0.504. The van der Waals surface area contributed by atoms with Crippen LogP contribution in [-0.4, -0.2) is 27.7 Å². The molecule has 0 aliphatic rings. The second-order valence-electron chi connectivity index (χ2n) is 3.45.